The molecule has 0 saturated carbocycles. The van der Waals surface area contributed by atoms with E-state index < -0.39 is 12.2 Å². The first-order chi connectivity index (χ1) is 12.7. The van der Waals surface area contributed by atoms with E-state index in [0.717, 1.165) is 0 Å². The largest absolute Gasteiger partial charge is 0.448 e. The van der Waals surface area contributed by atoms with Gasteiger partial charge in [-0.3, -0.25) is 9.69 Å². The second-order valence-electron chi connectivity index (χ2n) is 7.05. The Hall–Kier alpha value is -2.66. The third-order valence-electron chi connectivity index (χ3n) is 5.67. The Morgan fingerprint density at radius 2 is 1.73 bits per heavy atom. The fourth-order valence-electron chi connectivity index (χ4n) is 4.46. The van der Waals surface area contributed by atoms with E-state index in [1.807, 2.05) is 24.3 Å². The van der Waals surface area contributed by atoms with Crippen LogP contribution in [0.2, 0.25) is 0 Å². The predicted molar refractivity (Wildman–Crippen MR) is 94.9 cm³/mol. The molecular weight excluding hydrogens is 330 g/mol. The van der Waals surface area contributed by atoms with Crippen molar-refractivity contribution in [1.82, 2.24) is 4.90 Å². The Balaban J connectivity index is 1.36. The van der Waals surface area contributed by atoms with Crippen molar-refractivity contribution in [2.24, 2.45) is 0 Å². The van der Waals surface area contributed by atoms with Gasteiger partial charge in [-0.1, -0.05) is 48.5 Å². The highest BCUT2D eigenvalue weighted by molar-refractivity contribution is 5.92. The lowest BCUT2D eigenvalue weighted by Gasteiger charge is -2.22. The van der Waals surface area contributed by atoms with Gasteiger partial charge in [0.2, 0.25) is 0 Å². The number of nitrogens with zero attached hydrogens (tertiary/aromatic N) is 1. The number of amides is 1. The number of ether oxygens (including phenoxy) is 2. The van der Waals surface area contributed by atoms with Gasteiger partial charge in [0.1, 0.15) is 12.7 Å². The average Bonchev–Trinajstić information content (AvgIpc) is 3.34. The number of benzene rings is 2. The molecule has 0 radical (unpaired) electrons. The van der Waals surface area contributed by atoms with Crippen LogP contribution in [0.4, 0.5) is 4.79 Å². The number of ketones is 1. The molecule has 5 heteroatoms. The fraction of sp³-hybridized carbons (Fsp3) is 0.333. The summed E-state index contributed by atoms with van der Waals surface area (Å²) in [5.74, 6) is 0.00119. The van der Waals surface area contributed by atoms with Crippen LogP contribution in [-0.4, -0.2) is 48.7 Å². The molecule has 0 unspecified atom stereocenters. The minimum Gasteiger partial charge on any atom is -0.448 e. The van der Waals surface area contributed by atoms with Crippen LogP contribution in [0.15, 0.2) is 48.5 Å². The lowest BCUT2D eigenvalue weighted by atomic mass is 9.98. The van der Waals surface area contributed by atoms with Gasteiger partial charge < -0.3 is 9.47 Å². The summed E-state index contributed by atoms with van der Waals surface area (Å²) in [6, 6.07) is 16.3. The average molecular weight is 349 g/mol. The highest BCUT2D eigenvalue weighted by Gasteiger charge is 2.47. The van der Waals surface area contributed by atoms with Gasteiger partial charge in [0, 0.05) is 12.5 Å². The number of Topliss-reactive ketones (excluding diaryl/α,β-unsaturated/α-hetero) is 1. The maximum Gasteiger partial charge on any atom is 0.410 e. The van der Waals surface area contributed by atoms with Crippen molar-refractivity contribution in [3.8, 4) is 11.1 Å². The van der Waals surface area contributed by atoms with Crippen molar-refractivity contribution in [1.29, 1.82) is 0 Å². The van der Waals surface area contributed by atoms with E-state index >= 15 is 0 Å². The monoisotopic (exact) mass is 349 g/mol. The first kappa shape index (κ1) is 15.6. The van der Waals surface area contributed by atoms with E-state index in [1.54, 1.807) is 0 Å². The number of carbonyl (C=O) groups excluding carboxylic acids is 2. The van der Waals surface area contributed by atoms with Gasteiger partial charge in [-0.15, -0.1) is 0 Å². The van der Waals surface area contributed by atoms with Crippen LogP contribution < -0.4 is 0 Å². The Kier molecular flexibility index (Phi) is 3.57. The standard InChI is InChI=1S/C21H19NO4/c23-19-11-22(18-9-10-25-20(18)19)21(24)26-12-17-15-7-3-1-5-13(15)14-6-2-4-8-16(14)17/h1-8,17-18,20H,9-12H2/t18-,20+/m0/s1. The van der Waals surface area contributed by atoms with Crippen molar-refractivity contribution < 1.29 is 19.1 Å². The van der Waals surface area contributed by atoms with Gasteiger partial charge in [0.15, 0.2) is 5.78 Å². The number of likely N-dealkylation sites (tertiary alicyclic amines) is 1. The van der Waals surface area contributed by atoms with Crippen LogP contribution >= 0.6 is 0 Å². The summed E-state index contributed by atoms with van der Waals surface area (Å²) in [5.41, 5.74) is 4.76. The van der Waals surface area contributed by atoms with Crippen molar-refractivity contribution in [2.75, 3.05) is 19.8 Å². The minimum atomic E-state index is -0.463. The molecule has 2 heterocycles. The third-order valence-corrected chi connectivity index (χ3v) is 5.67. The SMILES string of the molecule is O=C1CN(C(=O)OCC2c3ccccc3-c3ccccc32)[C@H]2CCO[C@@H]12. The first-order valence-corrected chi connectivity index (χ1v) is 9.00. The zero-order valence-corrected chi connectivity index (χ0v) is 14.3. The van der Waals surface area contributed by atoms with Gasteiger partial charge in [-0.2, -0.15) is 0 Å². The number of fused-ring (bicyclic) bond motifs is 4. The minimum absolute atomic E-state index is 0.0268. The highest BCUT2D eigenvalue weighted by Crippen LogP contribution is 2.44. The maximum absolute atomic E-state index is 12.6. The molecule has 2 aromatic carbocycles. The zero-order chi connectivity index (χ0) is 17.7. The van der Waals surface area contributed by atoms with Gasteiger partial charge in [0.25, 0.3) is 0 Å². The van der Waals surface area contributed by atoms with E-state index in [-0.39, 0.29) is 30.9 Å². The van der Waals surface area contributed by atoms with E-state index in [9.17, 15) is 9.59 Å². The van der Waals surface area contributed by atoms with E-state index in [1.165, 1.54) is 27.2 Å². The molecule has 0 aromatic heterocycles. The number of rotatable bonds is 2. The molecule has 1 aliphatic carbocycles. The molecule has 26 heavy (non-hydrogen) atoms. The summed E-state index contributed by atoms with van der Waals surface area (Å²) in [4.78, 5) is 26.1. The molecule has 132 valence electrons. The predicted octanol–water partition coefficient (Wildman–Crippen LogP) is 2.98. The summed E-state index contributed by atoms with van der Waals surface area (Å²) in [7, 11) is 0. The summed E-state index contributed by atoms with van der Waals surface area (Å²) in [6.45, 7) is 0.885. The van der Waals surface area contributed by atoms with Gasteiger partial charge >= 0.3 is 6.09 Å². The maximum atomic E-state index is 12.6. The van der Waals surface area contributed by atoms with Gasteiger partial charge in [-0.05, 0) is 28.7 Å². The molecule has 2 aliphatic heterocycles. The highest BCUT2D eigenvalue weighted by atomic mass is 16.6. The van der Waals surface area contributed by atoms with Crippen LogP contribution in [0, 0.1) is 0 Å². The van der Waals surface area contributed by atoms with Gasteiger partial charge in [-0.25, -0.2) is 4.79 Å². The lowest BCUT2D eigenvalue weighted by molar-refractivity contribution is -0.124. The molecule has 1 amide bonds. The first-order valence-electron chi connectivity index (χ1n) is 9.00. The molecule has 0 bridgehead atoms. The molecule has 2 atom stereocenters. The molecule has 0 spiro atoms. The zero-order valence-electron chi connectivity index (χ0n) is 14.3. The van der Waals surface area contributed by atoms with Crippen molar-refractivity contribution in [3.05, 3.63) is 59.7 Å². The quantitative estimate of drug-likeness (QED) is 0.836. The fourth-order valence-corrected chi connectivity index (χ4v) is 4.46. The Labute approximate surface area is 151 Å². The molecule has 2 fully saturated rings. The van der Waals surface area contributed by atoms with E-state index in [0.29, 0.717) is 13.0 Å². The Morgan fingerprint density at radius 1 is 1.08 bits per heavy atom. The van der Waals surface area contributed by atoms with Crippen molar-refractivity contribution in [3.63, 3.8) is 0 Å². The second-order valence-corrected chi connectivity index (χ2v) is 7.05. The molecule has 2 aromatic rings. The Morgan fingerprint density at radius 3 is 2.42 bits per heavy atom. The van der Waals surface area contributed by atoms with Gasteiger partial charge in [0.05, 0.1) is 12.6 Å². The number of carbonyl (C=O) groups is 2. The smallest absolute Gasteiger partial charge is 0.410 e. The van der Waals surface area contributed by atoms with Crippen LogP contribution in [-0.2, 0) is 14.3 Å². The van der Waals surface area contributed by atoms with Crippen molar-refractivity contribution in [2.45, 2.75) is 24.5 Å². The molecule has 0 N–H and O–H groups in total. The summed E-state index contributed by atoms with van der Waals surface area (Å²) >= 11 is 0. The third kappa shape index (κ3) is 2.27. The summed E-state index contributed by atoms with van der Waals surface area (Å²) in [6.07, 6.45) is -0.186. The van der Waals surface area contributed by atoms with Crippen LogP contribution in [0.3, 0.4) is 0 Å². The van der Waals surface area contributed by atoms with Crippen molar-refractivity contribution >= 4 is 11.9 Å². The number of hydrogen-bond donors (Lipinski definition) is 0. The van der Waals surface area contributed by atoms with Crippen LogP contribution in [0.5, 0.6) is 0 Å². The Bertz CT molecular complexity index is 848. The van der Waals surface area contributed by atoms with Crippen LogP contribution in [0.25, 0.3) is 11.1 Å². The topological polar surface area (TPSA) is 55.8 Å². The molecule has 5 nitrogen and oxygen atoms in total. The number of hydrogen-bond acceptors (Lipinski definition) is 4. The van der Waals surface area contributed by atoms with E-state index in [4.69, 9.17) is 9.47 Å². The second kappa shape index (κ2) is 5.95. The molecule has 3 aliphatic rings. The molecule has 5 rings (SSSR count). The van der Waals surface area contributed by atoms with E-state index in [2.05, 4.69) is 24.3 Å². The van der Waals surface area contributed by atoms with Crippen LogP contribution in [0.1, 0.15) is 23.5 Å². The normalized spacial score (nSPS) is 23.7. The summed E-state index contributed by atoms with van der Waals surface area (Å²) < 4.78 is 11.1. The molecule has 2 saturated heterocycles. The summed E-state index contributed by atoms with van der Waals surface area (Å²) in [5, 5.41) is 0. The molecular formula is C21H19NO4. The lowest BCUT2D eigenvalue weighted by Crippen LogP contribution is -2.38.